The third kappa shape index (κ3) is 5.51. The van der Waals surface area contributed by atoms with Crippen molar-refractivity contribution in [3.05, 3.63) is 82.4 Å². The fourth-order valence-electron chi connectivity index (χ4n) is 2.85. The second-order valence-electron chi connectivity index (χ2n) is 7.99. The summed E-state index contributed by atoms with van der Waals surface area (Å²) in [5.41, 5.74) is 2.13. The normalized spacial score (nSPS) is 12.6. The molecule has 2 aromatic carbocycles. The largest absolute Gasteiger partial charge is 0.491 e. The summed E-state index contributed by atoms with van der Waals surface area (Å²) in [6.07, 6.45) is -0.911. The summed E-state index contributed by atoms with van der Waals surface area (Å²) in [5.74, 6) is 0.308. The molecule has 29 heavy (non-hydrogen) atoms. The molecule has 1 atom stereocenters. The Morgan fingerprint density at radius 1 is 1.03 bits per heavy atom. The van der Waals surface area contributed by atoms with Gasteiger partial charge in [-0.25, -0.2) is 9.07 Å². The molecule has 3 aromatic rings. The number of nitrogens with zero attached hydrogens (tertiary/aromatic N) is 2. The van der Waals surface area contributed by atoms with Crippen molar-refractivity contribution in [2.75, 3.05) is 6.61 Å². The van der Waals surface area contributed by atoms with Gasteiger partial charge in [0.25, 0.3) is 5.56 Å². The summed E-state index contributed by atoms with van der Waals surface area (Å²) in [4.78, 5) is 12.1. The molecule has 0 aliphatic heterocycles. The van der Waals surface area contributed by atoms with Gasteiger partial charge in [0.1, 0.15) is 24.3 Å². The zero-order valence-corrected chi connectivity index (χ0v) is 16.8. The molecule has 3 rings (SSSR count). The van der Waals surface area contributed by atoms with E-state index in [2.05, 4.69) is 25.9 Å². The minimum atomic E-state index is -0.911. The van der Waals surface area contributed by atoms with Crippen LogP contribution in [0.3, 0.4) is 0 Å². The van der Waals surface area contributed by atoms with Gasteiger partial charge in [-0.3, -0.25) is 4.79 Å². The molecule has 0 saturated carbocycles. The smallest absolute Gasteiger partial charge is 0.266 e. The van der Waals surface area contributed by atoms with Crippen LogP contribution in [0, 0.1) is 5.82 Å². The molecule has 0 spiro atoms. The zero-order chi connectivity index (χ0) is 21.0. The van der Waals surface area contributed by atoms with Crippen molar-refractivity contribution in [2.45, 2.75) is 38.8 Å². The molecule has 0 amide bonds. The number of halogens is 1. The topological polar surface area (TPSA) is 64.3 Å². The average molecular weight is 396 g/mol. The fourth-order valence-corrected chi connectivity index (χ4v) is 2.85. The van der Waals surface area contributed by atoms with E-state index in [4.69, 9.17) is 4.74 Å². The van der Waals surface area contributed by atoms with E-state index in [9.17, 15) is 14.3 Å². The molecule has 6 heteroatoms. The summed E-state index contributed by atoms with van der Waals surface area (Å²) in [6, 6.07) is 16.5. The van der Waals surface area contributed by atoms with Crippen LogP contribution >= 0.6 is 0 Å². The van der Waals surface area contributed by atoms with Gasteiger partial charge < -0.3 is 9.84 Å². The van der Waals surface area contributed by atoms with E-state index in [1.165, 1.54) is 28.4 Å². The van der Waals surface area contributed by atoms with Gasteiger partial charge in [-0.15, -0.1) is 0 Å². The molecule has 0 fully saturated rings. The number of aliphatic hydroxyl groups is 1. The summed E-state index contributed by atoms with van der Waals surface area (Å²) in [7, 11) is 0. The van der Waals surface area contributed by atoms with Crippen LogP contribution in [-0.4, -0.2) is 27.6 Å². The Morgan fingerprint density at radius 2 is 1.69 bits per heavy atom. The number of aromatic nitrogens is 2. The standard InChI is InChI=1S/C23H25FN2O3/c1-23(2,3)17-6-10-20(11-7-17)29-15-19(27)14-26-22(28)13-12-21(25-26)16-4-8-18(24)9-5-16/h4-13,19,27H,14-15H2,1-3H3. The maximum absolute atomic E-state index is 13.1. The lowest BCUT2D eigenvalue weighted by molar-refractivity contribution is 0.0880. The molecular weight excluding hydrogens is 371 g/mol. The van der Waals surface area contributed by atoms with Gasteiger partial charge in [-0.05, 0) is 53.4 Å². The minimum absolute atomic E-state index is 0.00601. The number of hydrogen-bond donors (Lipinski definition) is 1. The fraction of sp³-hybridized carbons (Fsp3) is 0.304. The van der Waals surface area contributed by atoms with Gasteiger partial charge >= 0.3 is 0 Å². The Bertz CT molecular complexity index is 1010. The highest BCUT2D eigenvalue weighted by Crippen LogP contribution is 2.24. The van der Waals surface area contributed by atoms with Gasteiger partial charge in [0, 0.05) is 11.6 Å². The van der Waals surface area contributed by atoms with Crippen molar-refractivity contribution < 1.29 is 14.2 Å². The molecule has 1 heterocycles. The Kier molecular flexibility index (Phi) is 6.13. The Morgan fingerprint density at radius 3 is 2.31 bits per heavy atom. The van der Waals surface area contributed by atoms with Crippen molar-refractivity contribution in [3.63, 3.8) is 0 Å². The number of benzene rings is 2. The number of aliphatic hydroxyl groups excluding tert-OH is 1. The molecule has 1 aromatic heterocycles. The second-order valence-corrected chi connectivity index (χ2v) is 7.99. The highest BCUT2D eigenvalue weighted by atomic mass is 19.1. The van der Waals surface area contributed by atoms with Gasteiger partial charge in [0.05, 0.1) is 12.2 Å². The lowest BCUT2D eigenvalue weighted by Crippen LogP contribution is -2.31. The van der Waals surface area contributed by atoms with E-state index in [0.29, 0.717) is 17.0 Å². The summed E-state index contributed by atoms with van der Waals surface area (Å²) >= 11 is 0. The lowest BCUT2D eigenvalue weighted by Gasteiger charge is -2.19. The molecule has 0 radical (unpaired) electrons. The van der Waals surface area contributed by atoms with Crippen LogP contribution < -0.4 is 10.3 Å². The summed E-state index contributed by atoms with van der Waals surface area (Å²) < 4.78 is 19.9. The van der Waals surface area contributed by atoms with Crippen molar-refractivity contribution in [1.82, 2.24) is 9.78 Å². The Labute approximate surface area is 169 Å². The van der Waals surface area contributed by atoms with Crippen LogP contribution in [-0.2, 0) is 12.0 Å². The van der Waals surface area contributed by atoms with E-state index in [1.807, 2.05) is 24.3 Å². The molecule has 1 N–H and O–H groups in total. The third-order valence-corrected chi connectivity index (χ3v) is 4.55. The van der Waals surface area contributed by atoms with Crippen LogP contribution in [0.25, 0.3) is 11.3 Å². The van der Waals surface area contributed by atoms with Crippen molar-refractivity contribution in [3.8, 4) is 17.0 Å². The second kappa shape index (κ2) is 8.57. The van der Waals surface area contributed by atoms with E-state index in [1.54, 1.807) is 18.2 Å². The first-order valence-electron chi connectivity index (χ1n) is 9.48. The zero-order valence-electron chi connectivity index (χ0n) is 16.8. The van der Waals surface area contributed by atoms with Gasteiger partial charge in [0.15, 0.2) is 0 Å². The molecule has 5 nitrogen and oxygen atoms in total. The van der Waals surface area contributed by atoms with Crippen LogP contribution in [0.2, 0.25) is 0 Å². The quantitative estimate of drug-likeness (QED) is 0.689. The maximum Gasteiger partial charge on any atom is 0.266 e. The number of hydrogen-bond acceptors (Lipinski definition) is 4. The predicted molar refractivity (Wildman–Crippen MR) is 111 cm³/mol. The van der Waals surface area contributed by atoms with Crippen molar-refractivity contribution in [1.29, 1.82) is 0 Å². The predicted octanol–water partition coefficient (Wildman–Crippen LogP) is 3.79. The van der Waals surface area contributed by atoms with E-state index in [-0.39, 0.29) is 29.9 Å². The monoisotopic (exact) mass is 396 g/mol. The molecular formula is C23H25FN2O3. The number of rotatable bonds is 6. The van der Waals surface area contributed by atoms with E-state index < -0.39 is 6.10 Å². The molecule has 0 bridgehead atoms. The van der Waals surface area contributed by atoms with Crippen LogP contribution in [0.15, 0.2) is 65.5 Å². The van der Waals surface area contributed by atoms with Gasteiger partial charge in [-0.1, -0.05) is 32.9 Å². The SMILES string of the molecule is CC(C)(C)c1ccc(OCC(O)Cn2nc(-c3ccc(F)cc3)ccc2=O)cc1. The Balaban J connectivity index is 1.64. The highest BCUT2D eigenvalue weighted by molar-refractivity contribution is 5.57. The molecule has 0 aliphatic carbocycles. The van der Waals surface area contributed by atoms with E-state index >= 15 is 0 Å². The van der Waals surface area contributed by atoms with E-state index in [0.717, 1.165) is 0 Å². The Hall–Kier alpha value is -2.99. The number of ether oxygens (including phenoxy) is 1. The first-order valence-corrected chi connectivity index (χ1v) is 9.48. The lowest BCUT2D eigenvalue weighted by atomic mass is 9.87. The molecule has 152 valence electrons. The minimum Gasteiger partial charge on any atom is -0.491 e. The van der Waals surface area contributed by atoms with Crippen LogP contribution in [0.4, 0.5) is 4.39 Å². The summed E-state index contributed by atoms with van der Waals surface area (Å²) in [5, 5.41) is 14.6. The van der Waals surface area contributed by atoms with Crippen molar-refractivity contribution in [2.24, 2.45) is 0 Å². The summed E-state index contributed by atoms with van der Waals surface area (Å²) in [6.45, 7) is 6.43. The van der Waals surface area contributed by atoms with Crippen LogP contribution in [0.5, 0.6) is 5.75 Å². The van der Waals surface area contributed by atoms with Crippen LogP contribution in [0.1, 0.15) is 26.3 Å². The maximum atomic E-state index is 13.1. The molecule has 0 saturated heterocycles. The van der Waals surface area contributed by atoms with Gasteiger partial charge in [-0.2, -0.15) is 5.10 Å². The first kappa shape index (κ1) is 20.7. The third-order valence-electron chi connectivity index (χ3n) is 4.55. The molecule has 1 unspecified atom stereocenters. The first-order chi connectivity index (χ1) is 13.7. The van der Waals surface area contributed by atoms with Crippen molar-refractivity contribution >= 4 is 0 Å². The average Bonchev–Trinajstić information content (AvgIpc) is 2.68. The molecule has 0 aliphatic rings. The highest BCUT2D eigenvalue weighted by Gasteiger charge is 2.14. The van der Waals surface area contributed by atoms with Gasteiger partial charge in [0.2, 0.25) is 0 Å².